The maximum atomic E-state index is 11.6. The molecule has 0 bridgehead atoms. The molecule has 0 radical (unpaired) electrons. The predicted molar refractivity (Wildman–Crippen MR) is 66.6 cm³/mol. The van der Waals surface area contributed by atoms with Crippen molar-refractivity contribution in [2.24, 2.45) is 0 Å². The van der Waals surface area contributed by atoms with Gasteiger partial charge in [0.15, 0.2) is 0 Å². The van der Waals surface area contributed by atoms with Crippen molar-refractivity contribution in [3.05, 3.63) is 52.2 Å². The molecule has 1 atom stereocenters. The van der Waals surface area contributed by atoms with Crippen LogP contribution in [-0.4, -0.2) is 21.3 Å². The molecule has 17 heavy (non-hydrogen) atoms. The number of aromatic amines is 1. The number of nitrogens with one attached hydrogen (secondary N) is 1. The standard InChI is InChI=1S/C13H16N2O2/c1-9(8-16)11-3-5-12(6-4-11)15-10(2)7-14-13(15)17/h3-7,9,16H,8H2,1-2H3,(H,14,17). The van der Waals surface area contributed by atoms with Crippen LogP contribution in [0.3, 0.4) is 0 Å². The Bertz CT molecular complexity index is 552. The summed E-state index contributed by atoms with van der Waals surface area (Å²) in [6.45, 7) is 3.97. The van der Waals surface area contributed by atoms with Crippen molar-refractivity contribution in [2.45, 2.75) is 19.8 Å². The van der Waals surface area contributed by atoms with Crippen LogP contribution in [0, 0.1) is 6.92 Å². The smallest absolute Gasteiger partial charge is 0.330 e. The van der Waals surface area contributed by atoms with Gasteiger partial charge in [-0.25, -0.2) is 4.79 Å². The van der Waals surface area contributed by atoms with Crippen LogP contribution in [0.15, 0.2) is 35.3 Å². The topological polar surface area (TPSA) is 58.0 Å². The van der Waals surface area contributed by atoms with Crippen molar-refractivity contribution in [1.29, 1.82) is 0 Å². The normalized spacial score (nSPS) is 12.6. The van der Waals surface area contributed by atoms with Crippen LogP contribution in [0.4, 0.5) is 0 Å². The highest BCUT2D eigenvalue weighted by Crippen LogP contribution is 2.16. The lowest BCUT2D eigenvalue weighted by atomic mass is 10.0. The van der Waals surface area contributed by atoms with E-state index in [0.717, 1.165) is 16.9 Å². The highest BCUT2D eigenvalue weighted by atomic mass is 16.3. The van der Waals surface area contributed by atoms with E-state index in [9.17, 15) is 4.79 Å². The highest BCUT2D eigenvalue weighted by Gasteiger charge is 2.07. The largest absolute Gasteiger partial charge is 0.396 e. The van der Waals surface area contributed by atoms with Gasteiger partial charge in [-0.2, -0.15) is 0 Å². The molecule has 0 saturated heterocycles. The number of aliphatic hydroxyl groups excluding tert-OH is 1. The Balaban J connectivity index is 2.39. The fraction of sp³-hybridized carbons (Fsp3) is 0.308. The van der Waals surface area contributed by atoms with Crippen LogP contribution in [-0.2, 0) is 0 Å². The van der Waals surface area contributed by atoms with E-state index in [1.807, 2.05) is 38.1 Å². The molecule has 0 aliphatic heterocycles. The fourth-order valence-corrected chi connectivity index (χ4v) is 1.83. The maximum Gasteiger partial charge on any atom is 0.330 e. The molecule has 90 valence electrons. The van der Waals surface area contributed by atoms with Crippen LogP contribution in [0.25, 0.3) is 5.69 Å². The summed E-state index contributed by atoms with van der Waals surface area (Å²) in [6, 6.07) is 7.66. The zero-order chi connectivity index (χ0) is 12.4. The first kappa shape index (κ1) is 11.7. The van der Waals surface area contributed by atoms with Crippen LogP contribution in [0.2, 0.25) is 0 Å². The van der Waals surface area contributed by atoms with Gasteiger partial charge in [0, 0.05) is 24.4 Å². The van der Waals surface area contributed by atoms with E-state index in [4.69, 9.17) is 5.11 Å². The van der Waals surface area contributed by atoms with Crippen molar-refractivity contribution in [3.63, 3.8) is 0 Å². The van der Waals surface area contributed by atoms with E-state index >= 15 is 0 Å². The van der Waals surface area contributed by atoms with Crippen molar-refractivity contribution < 1.29 is 5.11 Å². The van der Waals surface area contributed by atoms with Gasteiger partial charge in [-0.3, -0.25) is 4.57 Å². The first-order valence-electron chi connectivity index (χ1n) is 5.61. The van der Waals surface area contributed by atoms with Crippen molar-refractivity contribution in [2.75, 3.05) is 6.61 Å². The molecule has 2 N–H and O–H groups in total. The molecule has 1 unspecified atom stereocenters. The van der Waals surface area contributed by atoms with Gasteiger partial charge in [0.25, 0.3) is 0 Å². The Kier molecular flexibility index (Phi) is 3.15. The third-order valence-electron chi connectivity index (χ3n) is 2.95. The lowest BCUT2D eigenvalue weighted by Crippen LogP contribution is -2.15. The number of nitrogens with zero attached hydrogens (tertiary/aromatic N) is 1. The summed E-state index contributed by atoms with van der Waals surface area (Å²) < 4.78 is 1.62. The maximum absolute atomic E-state index is 11.6. The lowest BCUT2D eigenvalue weighted by molar-refractivity contribution is 0.273. The van der Waals surface area contributed by atoms with E-state index in [1.165, 1.54) is 0 Å². The molecule has 2 aromatic rings. The average molecular weight is 232 g/mol. The predicted octanol–water partition coefficient (Wildman–Crippen LogP) is 1.57. The minimum atomic E-state index is -0.134. The third-order valence-corrected chi connectivity index (χ3v) is 2.95. The molecule has 1 heterocycles. The molecule has 0 saturated carbocycles. The van der Waals surface area contributed by atoms with Crippen LogP contribution >= 0.6 is 0 Å². The van der Waals surface area contributed by atoms with Gasteiger partial charge in [-0.1, -0.05) is 19.1 Å². The first-order valence-corrected chi connectivity index (χ1v) is 5.61. The SMILES string of the molecule is Cc1c[nH]c(=O)n1-c1ccc(C(C)CO)cc1. The van der Waals surface area contributed by atoms with Gasteiger partial charge in [0.2, 0.25) is 0 Å². The zero-order valence-corrected chi connectivity index (χ0v) is 9.97. The number of aromatic nitrogens is 2. The Morgan fingerprint density at radius 2 is 2.00 bits per heavy atom. The van der Waals surface area contributed by atoms with Crippen LogP contribution < -0.4 is 5.69 Å². The van der Waals surface area contributed by atoms with Crippen molar-refractivity contribution >= 4 is 0 Å². The summed E-state index contributed by atoms with van der Waals surface area (Å²) in [7, 11) is 0. The number of aliphatic hydroxyl groups is 1. The molecule has 0 aliphatic rings. The lowest BCUT2D eigenvalue weighted by Gasteiger charge is -2.10. The molecule has 0 spiro atoms. The number of aryl methyl sites for hydroxylation is 1. The minimum absolute atomic E-state index is 0.119. The van der Waals surface area contributed by atoms with E-state index in [2.05, 4.69) is 4.98 Å². The van der Waals surface area contributed by atoms with E-state index in [1.54, 1.807) is 10.8 Å². The van der Waals surface area contributed by atoms with Crippen LogP contribution in [0.5, 0.6) is 0 Å². The van der Waals surface area contributed by atoms with Gasteiger partial charge in [0.1, 0.15) is 0 Å². The Morgan fingerprint density at radius 3 is 2.47 bits per heavy atom. The van der Waals surface area contributed by atoms with Gasteiger partial charge < -0.3 is 10.1 Å². The monoisotopic (exact) mass is 232 g/mol. The van der Waals surface area contributed by atoms with Crippen LogP contribution in [0.1, 0.15) is 24.1 Å². The van der Waals surface area contributed by atoms with Gasteiger partial charge >= 0.3 is 5.69 Å². The Labute approximate surface area is 99.5 Å². The molecule has 2 rings (SSSR count). The number of benzene rings is 1. The summed E-state index contributed by atoms with van der Waals surface area (Å²) in [5, 5.41) is 9.07. The minimum Gasteiger partial charge on any atom is -0.396 e. The highest BCUT2D eigenvalue weighted by molar-refractivity contribution is 5.37. The number of H-pyrrole nitrogens is 1. The van der Waals surface area contributed by atoms with Gasteiger partial charge in [0.05, 0.1) is 5.69 Å². The molecule has 0 aliphatic carbocycles. The van der Waals surface area contributed by atoms with Crippen molar-refractivity contribution in [1.82, 2.24) is 9.55 Å². The van der Waals surface area contributed by atoms with E-state index in [0.29, 0.717) is 0 Å². The Hall–Kier alpha value is -1.81. The second-order valence-corrected chi connectivity index (χ2v) is 4.25. The van der Waals surface area contributed by atoms with E-state index in [-0.39, 0.29) is 18.2 Å². The second-order valence-electron chi connectivity index (χ2n) is 4.25. The third kappa shape index (κ3) is 2.17. The first-order chi connectivity index (χ1) is 8.13. The Morgan fingerprint density at radius 1 is 1.35 bits per heavy atom. The van der Waals surface area contributed by atoms with Crippen molar-refractivity contribution in [3.8, 4) is 5.69 Å². The quantitative estimate of drug-likeness (QED) is 0.844. The fourth-order valence-electron chi connectivity index (χ4n) is 1.83. The molecule has 4 nitrogen and oxygen atoms in total. The number of hydrogen-bond acceptors (Lipinski definition) is 2. The molecule has 1 aromatic heterocycles. The summed E-state index contributed by atoms with van der Waals surface area (Å²) in [5.41, 5.74) is 2.64. The molecule has 1 aromatic carbocycles. The number of rotatable bonds is 3. The summed E-state index contributed by atoms with van der Waals surface area (Å²) >= 11 is 0. The average Bonchev–Trinajstić information content (AvgIpc) is 2.68. The molecule has 0 fully saturated rings. The van der Waals surface area contributed by atoms with Gasteiger partial charge in [-0.05, 0) is 24.6 Å². The van der Waals surface area contributed by atoms with Gasteiger partial charge in [-0.15, -0.1) is 0 Å². The molecule has 0 amide bonds. The molecular weight excluding hydrogens is 216 g/mol. The summed E-state index contributed by atoms with van der Waals surface area (Å²) in [5.74, 6) is 0.119. The summed E-state index contributed by atoms with van der Waals surface area (Å²) in [6.07, 6.45) is 1.69. The molecular formula is C13H16N2O2. The second kappa shape index (κ2) is 4.59. The molecule has 4 heteroatoms. The zero-order valence-electron chi connectivity index (χ0n) is 9.97. The summed E-state index contributed by atoms with van der Waals surface area (Å²) in [4.78, 5) is 14.2. The van der Waals surface area contributed by atoms with E-state index < -0.39 is 0 Å². The number of hydrogen-bond donors (Lipinski definition) is 2. The number of imidazole rings is 1.